The Morgan fingerprint density at radius 1 is 1.22 bits per heavy atom. The van der Waals surface area contributed by atoms with Crippen LogP contribution in [0.1, 0.15) is 17.3 Å². The number of carbonyl (C=O) groups is 2. The molecule has 0 aliphatic carbocycles. The Balaban J connectivity index is 1.64. The summed E-state index contributed by atoms with van der Waals surface area (Å²) in [4.78, 5) is 26.6. The van der Waals surface area contributed by atoms with E-state index in [-0.39, 0.29) is 24.2 Å². The van der Waals surface area contributed by atoms with E-state index in [1.54, 1.807) is 41.3 Å². The molecular formula is C20H22FN3O3. The van der Waals surface area contributed by atoms with Crippen LogP contribution in [0.25, 0.3) is 0 Å². The van der Waals surface area contributed by atoms with Gasteiger partial charge in [-0.2, -0.15) is 0 Å². The first kappa shape index (κ1) is 18.8. The van der Waals surface area contributed by atoms with Crippen molar-refractivity contribution in [3.8, 4) is 5.75 Å². The van der Waals surface area contributed by atoms with Crippen LogP contribution in [0.3, 0.4) is 0 Å². The van der Waals surface area contributed by atoms with Crippen molar-refractivity contribution >= 4 is 17.5 Å². The number of hydrogen-bond acceptors (Lipinski definition) is 4. The summed E-state index contributed by atoms with van der Waals surface area (Å²) in [5, 5.41) is 5.75. The molecule has 2 aromatic rings. The number of benzene rings is 2. The normalized spacial score (nSPS) is 16.7. The molecule has 2 amide bonds. The van der Waals surface area contributed by atoms with Crippen molar-refractivity contribution in [2.24, 2.45) is 0 Å². The molecule has 1 heterocycles. The van der Waals surface area contributed by atoms with E-state index in [1.165, 1.54) is 12.1 Å². The quantitative estimate of drug-likeness (QED) is 0.846. The molecule has 6 nitrogen and oxygen atoms in total. The molecular weight excluding hydrogens is 349 g/mol. The Kier molecular flexibility index (Phi) is 6.03. The molecule has 0 radical (unpaired) electrons. The summed E-state index contributed by atoms with van der Waals surface area (Å²) >= 11 is 0. The van der Waals surface area contributed by atoms with Gasteiger partial charge < -0.3 is 20.3 Å². The van der Waals surface area contributed by atoms with Gasteiger partial charge >= 0.3 is 0 Å². The highest BCUT2D eigenvalue weighted by Crippen LogP contribution is 2.21. The number of amides is 2. The van der Waals surface area contributed by atoms with E-state index in [2.05, 4.69) is 10.6 Å². The highest BCUT2D eigenvalue weighted by atomic mass is 19.1. The van der Waals surface area contributed by atoms with Crippen LogP contribution in [0.5, 0.6) is 5.75 Å². The predicted molar refractivity (Wildman–Crippen MR) is 100 cm³/mol. The number of ether oxygens (including phenoxy) is 1. The zero-order valence-corrected chi connectivity index (χ0v) is 15.1. The zero-order chi connectivity index (χ0) is 19.2. The topological polar surface area (TPSA) is 70.7 Å². The SMILES string of the molecule is CC1CN(C(=O)c2ccccc2OCC(=O)Nc2ccccc2F)CCN1. The number of nitrogens with one attached hydrogen (secondary N) is 2. The second-order valence-corrected chi connectivity index (χ2v) is 6.42. The standard InChI is InChI=1S/C20H22FN3O3/c1-14-12-24(11-10-22-14)20(26)15-6-2-5-9-18(15)27-13-19(25)23-17-8-4-3-7-16(17)21/h2-9,14,22H,10-13H2,1H3,(H,23,25). The molecule has 1 fully saturated rings. The summed E-state index contributed by atoms with van der Waals surface area (Å²) < 4.78 is 19.2. The van der Waals surface area contributed by atoms with E-state index in [4.69, 9.17) is 4.74 Å². The molecule has 1 aliphatic heterocycles. The maximum atomic E-state index is 13.6. The zero-order valence-electron chi connectivity index (χ0n) is 15.1. The number of rotatable bonds is 5. The van der Waals surface area contributed by atoms with E-state index in [9.17, 15) is 14.0 Å². The van der Waals surface area contributed by atoms with Crippen molar-refractivity contribution in [1.82, 2.24) is 10.2 Å². The Morgan fingerprint density at radius 2 is 1.96 bits per heavy atom. The van der Waals surface area contributed by atoms with E-state index in [0.29, 0.717) is 24.4 Å². The van der Waals surface area contributed by atoms with Crippen molar-refractivity contribution < 1.29 is 18.7 Å². The lowest BCUT2D eigenvalue weighted by atomic mass is 10.1. The fourth-order valence-corrected chi connectivity index (χ4v) is 2.95. The summed E-state index contributed by atoms with van der Waals surface area (Å²) in [5.74, 6) is -0.821. The lowest BCUT2D eigenvalue weighted by Gasteiger charge is -2.32. The molecule has 7 heteroatoms. The third kappa shape index (κ3) is 4.83. The molecule has 3 rings (SSSR count). The minimum atomic E-state index is -0.519. The number of hydrogen-bond donors (Lipinski definition) is 2. The van der Waals surface area contributed by atoms with Crippen molar-refractivity contribution in [2.75, 3.05) is 31.6 Å². The third-order valence-corrected chi connectivity index (χ3v) is 4.28. The summed E-state index contributed by atoms with van der Waals surface area (Å²) in [6, 6.07) is 12.9. The minimum Gasteiger partial charge on any atom is -0.483 e. The molecule has 0 bridgehead atoms. The van der Waals surface area contributed by atoms with Crippen LogP contribution in [0.15, 0.2) is 48.5 Å². The van der Waals surface area contributed by atoms with Gasteiger partial charge in [0.15, 0.2) is 6.61 Å². The summed E-state index contributed by atoms with van der Waals surface area (Å²) in [5.41, 5.74) is 0.496. The number of carbonyl (C=O) groups excluding carboxylic acids is 2. The molecule has 2 N–H and O–H groups in total. The van der Waals surface area contributed by atoms with Gasteiger partial charge in [0.2, 0.25) is 0 Å². The second kappa shape index (κ2) is 8.64. The molecule has 1 saturated heterocycles. The largest absolute Gasteiger partial charge is 0.483 e. The van der Waals surface area contributed by atoms with E-state index in [1.807, 2.05) is 6.92 Å². The number of para-hydroxylation sites is 2. The molecule has 1 aliphatic rings. The highest BCUT2D eigenvalue weighted by Gasteiger charge is 2.24. The molecule has 27 heavy (non-hydrogen) atoms. The monoisotopic (exact) mass is 371 g/mol. The first-order valence-electron chi connectivity index (χ1n) is 8.83. The molecule has 0 aromatic heterocycles. The van der Waals surface area contributed by atoms with Gasteiger partial charge in [0.05, 0.1) is 11.3 Å². The number of piperazine rings is 1. The minimum absolute atomic E-state index is 0.0882. The molecule has 1 atom stereocenters. The Morgan fingerprint density at radius 3 is 2.74 bits per heavy atom. The van der Waals surface area contributed by atoms with Gasteiger partial charge in [0.1, 0.15) is 11.6 Å². The fourth-order valence-electron chi connectivity index (χ4n) is 2.95. The number of anilines is 1. The average Bonchev–Trinajstić information content (AvgIpc) is 2.68. The molecule has 0 spiro atoms. The smallest absolute Gasteiger partial charge is 0.262 e. The van der Waals surface area contributed by atoms with Crippen LogP contribution < -0.4 is 15.4 Å². The maximum absolute atomic E-state index is 13.6. The van der Waals surface area contributed by atoms with Crippen LogP contribution in [0.2, 0.25) is 0 Å². The van der Waals surface area contributed by atoms with Gasteiger partial charge in [-0.05, 0) is 31.2 Å². The Bertz CT molecular complexity index is 828. The van der Waals surface area contributed by atoms with Crippen LogP contribution >= 0.6 is 0 Å². The van der Waals surface area contributed by atoms with Crippen LogP contribution in [-0.2, 0) is 4.79 Å². The third-order valence-electron chi connectivity index (χ3n) is 4.28. The van der Waals surface area contributed by atoms with E-state index in [0.717, 1.165) is 6.54 Å². The number of halogens is 1. The summed E-state index contributed by atoms with van der Waals surface area (Å²) in [6.45, 7) is 3.67. The molecule has 142 valence electrons. The van der Waals surface area contributed by atoms with Gasteiger partial charge in [-0.15, -0.1) is 0 Å². The van der Waals surface area contributed by atoms with Crippen LogP contribution in [-0.4, -0.2) is 49.0 Å². The Labute approximate surface area is 157 Å². The fraction of sp³-hybridized carbons (Fsp3) is 0.300. The Hall–Kier alpha value is -2.93. The highest BCUT2D eigenvalue weighted by molar-refractivity contribution is 5.97. The van der Waals surface area contributed by atoms with Gasteiger partial charge in [-0.3, -0.25) is 9.59 Å². The molecule has 0 saturated carbocycles. The van der Waals surface area contributed by atoms with Crippen molar-refractivity contribution in [3.05, 3.63) is 59.9 Å². The van der Waals surface area contributed by atoms with Crippen LogP contribution in [0.4, 0.5) is 10.1 Å². The van der Waals surface area contributed by atoms with Crippen molar-refractivity contribution in [3.63, 3.8) is 0 Å². The van der Waals surface area contributed by atoms with Gasteiger partial charge in [-0.1, -0.05) is 24.3 Å². The van der Waals surface area contributed by atoms with E-state index < -0.39 is 11.7 Å². The lowest BCUT2D eigenvalue weighted by molar-refractivity contribution is -0.118. The van der Waals surface area contributed by atoms with Gasteiger partial charge in [0.25, 0.3) is 11.8 Å². The lowest BCUT2D eigenvalue weighted by Crippen LogP contribution is -2.51. The van der Waals surface area contributed by atoms with Crippen molar-refractivity contribution in [1.29, 1.82) is 0 Å². The maximum Gasteiger partial charge on any atom is 0.262 e. The summed E-state index contributed by atoms with van der Waals surface area (Å²) in [6.07, 6.45) is 0. The first-order chi connectivity index (χ1) is 13.0. The van der Waals surface area contributed by atoms with Gasteiger partial charge in [-0.25, -0.2) is 4.39 Å². The van der Waals surface area contributed by atoms with Crippen LogP contribution in [0, 0.1) is 5.82 Å². The average molecular weight is 371 g/mol. The predicted octanol–water partition coefficient (Wildman–Crippen LogP) is 2.28. The molecule has 1 unspecified atom stereocenters. The number of nitrogens with zero attached hydrogens (tertiary/aromatic N) is 1. The first-order valence-corrected chi connectivity index (χ1v) is 8.83. The summed E-state index contributed by atoms with van der Waals surface area (Å²) in [7, 11) is 0. The van der Waals surface area contributed by atoms with Crippen molar-refractivity contribution in [2.45, 2.75) is 13.0 Å². The molecule has 2 aromatic carbocycles. The van der Waals surface area contributed by atoms with E-state index >= 15 is 0 Å². The van der Waals surface area contributed by atoms with Gasteiger partial charge in [0, 0.05) is 25.7 Å². The second-order valence-electron chi connectivity index (χ2n) is 6.42.